The number of ether oxygens (including phenoxy) is 1. The van der Waals surface area contributed by atoms with E-state index in [1.165, 1.54) is 6.07 Å². The molecule has 0 amide bonds. The fraction of sp³-hybridized carbons (Fsp3) is 0.143. The molecular formula is C14H12F2O2. The van der Waals surface area contributed by atoms with E-state index >= 15 is 0 Å². The van der Waals surface area contributed by atoms with E-state index in [9.17, 15) is 13.9 Å². The van der Waals surface area contributed by atoms with Crippen LogP contribution in [0.15, 0.2) is 48.5 Å². The summed E-state index contributed by atoms with van der Waals surface area (Å²) < 4.78 is 31.0. The van der Waals surface area contributed by atoms with Crippen molar-refractivity contribution in [3.8, 4) is 5.75 Å². The molecule has 0 fully saturated rings. The average Bonchev–Trinajstić information content (AvgIpc) is 2.40. The van der Waals surface area contributed by atoms with Crippen LogP contribution in [0.5, 0.6) is 5.75 Å². The van der Waals surface area contributed by atoms with Crippen LogP contribution in [-0.2, 0) is 0 Å². The zero-order valence-electron chi connectivity index (χ0n) is 9.51. The van der Waals surface area contributed by atoms with Gasteiger partial charge in [0, 0.05) is 0 Å². The molecule has 94 valence electrons. The predicted molar refractivity (Wildman–Crippen MR) is 63.3 cm³/mol. The van der Waals surface area contributed by atoms with Gasteiger partial charge in [-0.05, 0) is 29.8 Å². The first-order chi connectivity index (χ1) is 8.66. The van der Waals surface area contributed by atoms with Gasteiger partial charge in [-0.25, -0.2) is 8.78 Å². The van der Waals surface area contributed by atoms with Crippen molar-refractivity contribution in [1.82, 2.24) is 0 Å². The summed E-state index contributed by atoms with van der Waals surface area (Å²) in [5, 5.41) is 9.78. The summed E-state index contributed by atoms with van der Waals surface area (Å²) in [6.45, 7) is -0.0188. The van der Waals surface area contributed by atoms with Crippen molar-refractivity contribution in [2.45, 2.75) is 6.10 Å². The Morgan fingerprint density at radius 2 is 1.72 bits per heavy atom. The van der Waals surface area contributed by atoms with E-state index in [0.29, 0.717) is 5.75 Å². The van der Waals surface area contributed by atoms with Gasteiger partial charge in [0.25, 0.3) is 0 Å². The summed E-state index contributed by atoms with van der Waals surface area (Å²) in [7, 11) is 0. The Labute approximate surface area is 103 Å². The number of hydrogen-bond donors (Lipinski definition) is 1. The zero-order chi connectivity index (χ0) is 13.0. The molecule has 0 aliphatic carbocycles. The standard InChI is InChI=1S/C14H12F2O2/c15-12-7-6-10(8-13(12)16)14(17)9-18-11-4-2-1-3-5-11/h1-8,14,17H,9H2. The average molecular weight is 250 g/mol. The van der Waals surface area contributed by atoms with Gasteiger partial charge in [0.05, 0.1) is 0 Å². The van der Waals surface area contributed by atoms with Gasteiger partial charge in [0.1, 0.15) is 18.5 Å². The number of aliphatic hydroxyl groups is 1. The van der Waals surface area contributed by atoms with Crippen LogP contribution in [0.3, 0.4) is 0 Å². The predicted octanol–water partition coefficient (Wildman–Crippen LogP) is 3.08. The van der Waals surface area contributed by atoms with Crippen molar-refractivity contribution in [2.24, 2.45) is 0 Å². The number of aliphatic hydroxyl groups excluding tert-OH is 1. The van der Waals surface area contributed by atoms with Crippen molar-refractivity contribution >= 4 is 0 Å². The summed E-state index contributed by atoms with van der Waals surface area (Å²) in [6, 6.07) is 12.2. The second-order valence-corrected chi connectivity index (χ2v) is 3.81. The largest absolute Gasteiger partial charge is 0.491 e. The summed E-state index contributed by atoms with van der Waals surface area (Å²) in [4.78, 5) is 0. The molecule has 2 nitrogen and oxygen atoms in total. The minimum absolute atomic E-state index is 0.0188. The van der Waals surface area contributed by atoms with Gasteiger partial charge < -0.3 is 9.84 Å². The third-order valence-electron chi connectivity index (χ3n) is 2.48. The van der Waals surface area contributed by atoms with Crippen molar-refractivity contribution in [2.75, 3.05) is 6.61 Å². The Balaban J connectivity index is 1.99. The Morgan fingerprint density at radius 1 is 1.00 bits per heavy atom. The minimum atomic E-state index is -1.000. The van der Waals surface area contributed by atoms with Gasteiger partial charge in [-0.15, -0.1) is 0 Å². The molecule has 0 aliphatic rings. The number of benzene rings is 2. The van der Waals surface area contributed by atoms with Gasteiger partial charge >= 0.3 is 0 Å². The van der Waals surface area contributed by atoms with Gasteiger partial charge in [-0.2, -0.15) is 0 Å². The lowest BCUT2D eigenvalue weighted by Gasteiger charge is -2.12. The molecule has 0 spiro atoms. The van der Waals surface area contributed by atoms with Crippen LogP contribution in [-0.4, -0.2) is 11.7 Å². The lowest BCUT2D eigenvalue weighted by atomic mass is 10.1. The Hall–Kier alpha value is -1.94. The normalized spacial score (nSPS) is 12.2. The highest BCUT2D eigenvalue weighted by atomic mass is 19.2. The smallest absolute Gasteiger partial charge is 0.159 e. The molecular weight excluding hydrogens is 238 g/mol. The SMILES string of the molecule is OC(COc1ccccc1)c1ccc(F)c(F)c1. The molecule has 4 heteroatoms. The summed E-state index contributed by atoms with van der Waals surface area (Å²) in [5.74, 6) is -1.31. The first-order valence-electron chi connectivity index (χ1n) is 5.47. The number of halogens is 2. The van der Waals surface area contributed by atoms with E-state index in [1.807, 2.05) is 6.07 Å². The number of hydrogen-bond acceptors (Lipinski definition) is 2. The molecule has 0 aliphatic heterocycles. The molecule has 1 N–H and O–H groups in total. The quantitative estimate of drug-likeness (QED) is 0.903. The second kappa shape index (κ2) is 5.60. The first-order valence-corrected chi connectivity index (χ1v) is 5.47. The van der Waals surface area contributed by atoms with E-state index in [4.69, 9.17) is 4.74 Å². The molecule has 2 aromatic rings. The summed E-state index contributed by atoms with van der Waals surface area (Å²) >= 11 is 0. The molecule has 0 aromatic heterocycles. The molecule has 0 bridgehead atoms. The van der Waals surface area contributed by atoms with Crippen LogP contribution in [0, 0.1) is 11.6 Å². The molecule has 1 atom stereocenters. The van der Waals surface area contributed by atoms with E-state index in [0.717, 1.165) is 12.1 Å². The van der Waals surface area contributed by atoms with Gasteiger partial charge in [0.2, 0.25) is 0 Å². The molecule has 0 heterocycles. The van der Waals surface area contributed by atoms with Crippen LogP contribution < -0.4 is 4.74 Å². The maximum absolute atomic E-state index is 13.0. The molecule has 2 aromatic carbocycles. The van der Waals surface area contributed by atoms with E-state index in [1.54, 1.807) is 24.3 Å². The second-order valence-electron chi connectivity index (χ2n) is 3.81. The number of rotatable bonds is 4. The van der Waals surface area contributed by atoms with E-state index in [2.05, 4.69) is 0 Å². The topological polar surface area (TPSA) is 29.5 Å². The molecule has 0 saturated heterocycles. The lowest BCUT2D eigenvalue weighted by Crippen LogP contribution is -2.10. The van der Waals surface area contributed by atoms with Crippen molar-refractivity contribution < 1.29 is 18.6 Å². The number of para-hydroxylation sites is 1. The molecule has 2 rings (SSSR count). The van der Waals surface area contributed by atoms with E-state index in [-0.39, 0.29) is 12.2 Å². The summed E-state index contributed by atoms with van der Waals surface area (Å²) in [5.41, 5.74) is 0.282. The van der Waals surface area contributed by atoms with Crippen LogP contribution >= 0.6 is 0 Å². The fourth-order valence-corrected chi connectivity index (χ4v) is 1.51. The fourth-order valence-electron chi connectivity index (χ4n) is 1.51. The molecule has 1 unspecified atom stereocenters. The van der Waals surface area contributed by atoms with Crippen LogP contribution in [0.4, 0.5) is 8.78 Å². The summed E-state index contributed by atoms with van der Waals surface area (Å²) in [6.07, 6.45) is -1.000. The maximum atomic E-state index is 13.0. The van der Waals surface area contributed by atoms with Crippen molar-refractivity contribution in [3.05, 3.63) is 65.7 Å². The van der Waals surface area contributed by atoms with Crippen LogP contribution in [0.25, 0.3) is 0 Å². The third kappa shape index (κ3) is 3.05. The maximum Gasteiger partial charge on any atom is 0.159 e. The van der Waals surface area contributed by atoms with Crippen molar-refractivity contribution in [3.63, 3.8) is 0 Å². The highest BCUT2D eigenvalue weighted by Gasteiger charge is 2.11. The molecule has 0 radical (unpaired) electrons. The van der Waals surface area contributed by atoms with Crippen LogP contribution in [0.1, 0.15) is 11.7 Å². The highest BCUT2D eigenvalue weighted by Crippen LogP contribution is 2.18. The van der Waals surface area contributed by atoms with Gasteiger partial charge in [0.15, 0.2) is 11.6 Å². The Morgan fingerprint density at radius 3 is 2.39 bits per heavy atom. The van der Waals surface area contributed by atoms with Crippen LogP contribution in [0.2, 0.25) is 0 Å². The first kappa shape index (κ1) is 12.5. The highest BCUT2D eigenvalue weighted by molar-refractivity contribution is 5.23. The van der Waals surface area contributed by atoms with Gasteiger partial charge in [-0.3, -0.25) is 0 Å². The Kier molecular flexibility index (Phi) is 3.89. The third-order valence-corrected chi connectivity index (χ3v) is 2.48. The van der Waals surface area contributed by atoms with E-state index < -0.39 is 17.7 Å². The molecule has 18 heavy (non-hydrogen) atoms. The lowest BCUT2D eigenvalue weighted by molar-refractivity contribution is 0.108. The van der Waals surface area contributed by atoms with Crippen molar-refractivity contribution in [1.29, 1.82) is 0 Å². The zero-order valence-corrected chi connectivity index (χ0v) is 9.51. The Bertz CT molecular complexity index is 514. The van der Waals surface area contributed by atoms with Gasteiger partial charge in [-0.1, -0.05) is 24.3 Å². The minimum Gasteiger partial charge on any atom is -0.491 e. The monoisotopic (exact) mass is 250 g/mol. The molecule has 0 saturated carbocycles.